The number of esters is 1. The molecule has 6 heteroatoms. The summed E-state index contributed by atoms with van der Waals surface area (Å²) in [6.45, 7) is 10.1. The summed E-state index contributed by atoms with van der Waals surface area (Å²) in [5, 5.41) is 12.2. The van der Waals surface area contributed by atoms with Gasteiger partial charge in [0.15, 0.2) is 5.69 Å². The molecule has 1 saturated heterocycles. The second-order valence-corrected chi connectivity index (χ2v) is 9.12. The Hall–Kier alpha value is -2.37. The highest BCUT2D eigenvalue weighted by molar-refractivity contribution is 6.04. The lowest BCUT2D eigenvalue weighted by Crippen LogP contribution is -2.33. The molecule has 144 valence electrons. The molecule has 27 heavy (non-hydrogen) atoms. The van der Waals surface area contributed by atoms with E-state index in [1.807, 2.05) is 24.3 Å². The number of carbonyl (C=O) groups is 1. The quantitative estimate of drug-likeness (QED) is 0.592. The van der Waals surface area contributed by atoms with Gasteiger partial charge in [-0.15, -0.1) is 5.11 Å². The number of fused-ring (bicyclic) bond motifs is 3. The van der Waals surface area contributed by atoms with Crippen LogP contribution in [0, 0.1) is 10.8 Å². The largest absolute Gasteiger partial charge is 0.461 e. The second kappa shape index (κ2) is 6.36. The maximum Gasteiger partial charge on any atom is 0.357 e. The minimum atomic E-state index is -0.393. The van der Waals surface area contributed by atoms with Crippen molar-refractivity contribution in [2.75, 3.05) is 13.2 Å². The van der Waals surface area contributed by atoms with Crippen LogP contribution in [0.25, 0.3) is 10.9 Å². The SMILES string of the molecule is CCOC(=O)c1[nH]c2ccccc2c1N=NN1C[C@]2(C)C[C@H]1CC(C)(C)C2. The van der Waals surface area contributed by atoms with Crippen molar-refractivity contribution in [3.05, 3.63) is 30.0 Å². The van der Waals surface area contributed by atoms with Gasteiger partial charge in [-0.25, -0.2) is 4.79 Å². The van der Waals surface area contributed by atoms with Crippen molar-refractivity contribution >= 4 is 22.6 Å². The van der Waals surface area contributed by atoms with Gasteiger partial charge in [0, 0.05) is 23.5 Å². The van der Waals surface area contributed by atoms with Crippen LogP contribution in [0.2, 0.25) is 0 Å². The lowest BCUT2D eigenvalue weighted by molar-refractivity contribution is 0.0521. The van der Waals surface area contributed by atoms with Crippen LogP contribution in [0.1, 0.15) is 57.4 Å². The van der Waals surface area contributed by atoms with Gasteiger partial charge >= 0.3 is 5.97 Å². The van der Waals surface area contributed by atoms with Gasteiger partial charge in [0.2, 0.25) is 0 Å². The number of nitrogens with zero attached hydrogens (tertiary/aromatic N) is 3. The molecule has 1 aromatic heterocycles. The second-order valence-electron chi connectivity index (χ2n) is 9.12. The predicted octanol–water partition coefficient (Wildman–Crippen LogP) is 5.24. The Labute approximate surface area is 160 Å². The fourth-order valence-corrected chi connectivity index (χ4v) is 5.22. The third kappa shape index (κ3) is 3.33. The summed E-state index contributed by atoms with van der Waals surface area (Å²) in [5.41, 5.74) is 2.42. The van der Waals surface area contributed by atoms with E-state index < -0.39 is 5.97 Å². The Morgan fingerprint density at radius 3 is 2.85 bits per heavy atom. The number of para-hydroxylation sites is 1. The third-order valence-corrected chi connectivity index (χ3v) is 5.81. The summed E-state index contributed by atoms with van der Waals surface area (Å²) >= 11 is 0. The number of H-pyrrole nitrogens is 1. The molecule has 2 aliphatic rings. The summed E-state index contributed by atoms with van der Waals surface area (Å²) in [7, 11) is 0. The Bertz CT molecular complexity index is 901. The average Bonchev–Trinajstić information content (AvgIpc) is 3.06. The monoisotopic (exact) mass is 368 g/mol. The molecule has 2 heterocycles. The van der Waals surface area contributed by atoms with Gasteiger partial charge in [-0.05, 0) is 43.1 Å². The molecule has 1 aromatic carbocycles. The van der Waals surface area contributed by atoms with Crippen LogP contribution >= 0.6 is 0 Å². The standard InChI is InChI=1S/C21H28N4O2/c1-5-27-19(26)18-17(15-8-6-7-9-16(15)22-18)23-24-25-13-21(4)11-14(25)10-20(2,3)12-21/h6-9,14,22H,5,10-13H2,1-4H3/t14-,21-/m1/s1. The van der Waals surface area contributed by atoms with E-state index in [4.69, 9.17) is 4.74 Å². The molecular weight excluding hydrogens is 340 g/mol. The number of hydrogen-bond donors (Lipinski definition) is 1. The Morgan fingerprint density at radius 2 is 2.07 bits per heavy atom. The Balaban J connectivity index is 1.67. The van der Waals surface area contributed by atoms with E-state index in [1.54, 1.807) is 6.92 Å². The van der Waals surface area contributed by atoms with Crippen LogP contribution in [-0.2, 0) is 4.74 Å². The molecule has 2 fully saturated rings. The average molecular weight is 368 g/mol. The summed E-state index contributed by atoms with van der Waals surface area (Å²) in [6, 6.07) is 8.18. The topological polar surface area (TPSA) is 70.0 Å². The van der Waals surface area contributed by atoms with Crippen LogP contribution in [0.3, 0.4) is 0 Å². The molecule has 4 rings (SSSR count). The van der Waals surface area contributed by atoms with Gasteiger partial charge in [-0.2, -0.15) is 0 Å². The first kappa shape index (κ1) is 18.0. The summed E-state index contributed by atoms with van der Waals surface area (Å²) in [4.78, 5) is 15.5. The first-order valence-corrected chi connectivity index (χ1v) is 9.76. The van der Waals surface area contributed by atoms with Gasteiger partial charge in [0.05, 0.1) is 6.61 Å². The third-order valence-electron chi connectivity index (χ3n) is 5.81. The zero-order chi connectivity index (χ0) is 19.2. The number of carbonyl (C=O) groups excluding carboxylic acids is 1. The van der Waals surface area contributed by atoms with Crippen molar-refractivity contribution in [2.45, 2.75) is 53.0 Å². The Kier molecular flexibility index (Phi) is 4.24. The van der Waals surface area contributed by atoms with Gasteiger partial charge in [-0.1, -0.05) is 44.2 Å². The first-order chi connectivity index (χ1) is 12.8. The number of ether oxygens (including phenoxy) is 1. The minimum absolute atomic E-state index is 0.287. The molecule has 6 nitrogen and oxygen atoms in total. The van der Waals surface area contributed by atoms with E-state index in [9.17, 15) is 4.79 Å². The summed E-state index contributed by atoms with van der Waals surface area (Å²) < 4.78 is 5.20. The number of rotatable bonds is 4. The molecule has 2 aromatic rings. The lowest BCUT2D eigenvalue weighted by Gasteiger charge is -2.39. The van der Waals surface area contributed by atoms with Crippen molar-refractivity contribution in [1.29, 1.82) is 0 Å². The van der Waals surface area contributed by atoms with Crippen LogP contribution in [0.4, 0.5) is 5.69 Å². The maximum absolute atomic E-state index is 12.4. The lowest BCUT2D eigenvalue weighted by atomic mass is 9.65. The van der Waals surface area contributed by atoms with Crippen molar-refractivity contribution in [3.63, 3.8) is 0 Å². The van der Waals surface area contributed by atoms with Gasteiger partial charge in [0.25, 0.3) is 0 Å². The van der Waals surface area contributed by atoms with E-state index >= 15 is 0 Å². The van der Waals surface area contributed by atoms with Crippen LogP contribution < -0.4 is 0 Å². The molecular formula is C21H28N4O2. The number of hydrogen-bond acceptors (Lipinski definition) is 4. The smallest absolute Gasteiger partial charge is 0.357 e. The molecule has 1 N–H and O–H groups in total. The van der Waals surface area contributed by atoms with Crippen molar-refractivity contribution < 1.29 is 9.53 Å². The van der Waals surface area contributed by atoms with Gasteiger partial charge in [0.1, 0.15) is 5.69 Å². The molecule has 0 unspecified atom stereocenters. The number of nitrogens with one attached hydrogen (secondary N) is 1. The van der Waals surface area contributed by atoms with Gasteiger partial charge in [-0.3, -0.25) is 5.01 Å². The fraction of sp³-hybridized carbons (Fsp3) is 0.571. The van der Waals surface area contributed by atoms with E-state index in [0.29, 0.717) is 29.4 Å². The van der Waals surface area contributed by atoms with Gasteiger partial charge < -0.3 is 9.72 Å². The molecule has 2 atom stereocenters. The number of aromatic amines is 1. The molecule has 0 spiro atoms. The predicted molar refractivity (Wildman–Crippen MR) is 105 cm³/mol. The van der Waals surface area contributed by atoms with Crippen molar-refractivity contribution in [1.82, 2.24) is 9.99 Å². The molecule has 1 saturated carbocycles. The number of benzene rings is 1. The van der Waals surface area contributed by atoms with Crippen LogP contribution in [0.15, 0.2) is 34.6 Å². The van der Waals surface area contributed by atoms with E-state index in [2.05, 4.69) is 41.1 Å². The molecule has 1 aliphatic heterocycles. The minimum Gasteiger partial charge on any atom is -0.461 e. The molecule has 2 bridgehead atoms. The van der Waals surface area contributed by atoms with Crippen molar-refractivity contribution in [2.24, 2.45) is 21.2 Å². The maximum atomic E-state index is 12.4. The fourth-order valence-electron chi connectivity index (χ4n) is 5.22. The highest BCUT2D eigenvalue weighted by Crippen LogP contribution is 2.52. The molecule has 1 aliphatic carbocycles. The van der Waals surface area contributed by atoms with Crippen LogP contribution in [0.5, 0.6) is 0 Å². The highest BCUT2D eigenvalue weighted by Gasteiger charge is 2.49. The summed E-state index contributed by atoms with van der Waals surface area (Å²) in [5.74, 6) is -0.393. The van der Waals surface area contributed by atoms with E-state index in [0.717, 1.165) is 30.3 Å². The zero-order valence-electron chi connectivity index (χ0n) is 16.6. The van der Waals surface area contributed by atoms with E-state index in [1.165, 1.54) is 6.42 Å². The highest BCUT2D eigenvalue weighted by atomic mass is 16.5. The first-order valence-electron chi connectivity index (χ1n) is 9.76. The zero-order valence-corrected chi connectivity index (χ0v) is 16.6. The summed E-state index contributed by atoms with van der Waals surface area (Å²) in [6.07, 6.45) is 3.50. The van der Waals surface area contributed by atoms with Crippen LogP contribution in [-0.4, -0.2) is 35.2 Å². The normalized spacial score (nSPS) is 26.8. The Morgan fingerprint density at radius 1 is 1.30 bits per heavy atom. The van der Waals surface area contributed by atoms with E-state index in [-0.39, 0.29) is 5.41 Å². The number of aromatic nitrogens is 1. The van der Waals surface area contributed by atoms with Crippen molar-refractivity contribution in [3.8, 4) is 0 Å². The molecule has 0 amide bonds. The molecule has 0 radical (unpaired) electrons.